The average molecular weight is 399 g/mol. The van der Waals surface area contributed by atoms with Gasteiger partial charge in [-0.25, -0.2) is 4.98 Å². The minimum Gasteiger partial charge on any atom is -0.494 e. The molecule has 2 heterocycles. The van der Waals surface area contributed by atoms with Crippen LogP contribution in [-0.2, 0) is 19.5 Å². The summed E-state index contributed by atoms with van der Waals surface area (Å²) in [6.45, 7) is 8.36. The summed E-state index contributed by atoms with van der Waals surface area (Å²) >= 11 is 0. The van der Waals surface area contributed by atoms with E-state index in [4.69, 9.17) is 14.2 Å². The average Bonchev–Trinajstić information content (AvgIpc) is 3.08. The van der Waals surface area contributed by atoms with Gasteiger partial charge < -0.3 is 24.8 Å². The van der Waals surface area contributed by atoms with Crippen molar-refractivity contribution < 1.29 is 14.2 Å². The van der Waals surface area contributed by atoms with Crippen LogP contribution in [0.3, 0.4) is 0 Å². The third kappa shape index (κ3) is 5.31. The van der Waals surface area contributed by atoms with E-state index in [0.29, 0.717) is 38.1 Å². The molecular weight excluding hydrogens is 368 g/mol. The lowest BCUT2D eigenvalue weighted by molar-refractivity contribution is 0.254. The molecule has 0 bridgehead atoms. The van der Waals surface area contributed by atoms with Crippen LogP contribution in [0.15, 0.2) is 35.5 Å². The van der Waals surface area contributed by atoms with Gasteiger partial charge in [0.15, 0.2) is 5.96 Å². The van der Waals surface area contributed by atoms with Crippen LogP contribution < -0.4 is 24.8 Å². The number of guanidine groups is 1. The third-order valence-electron chi connectivity index (χ3n) is 4.63. The first-order chi connectivity index (χ1) is 14.1. The Kier molecular flexibility index (Phi) is 7.16. The topological polar surface area (TPSA) is 77.0 Å². The summed E-state index contributed by atoms with van der Waals surface area (Å²) in [4.78, 5) is 8.60. The number of hydrogen-bond donors (Lipinski definition) is 2. The Bertz CT molecular complexity index is 854. The number of benzene rings is 1. The van der Waals surface area contributed by atoms with E-state index in [0.717, 1.165) is 29.0 Å². The maximum absolute atomic E-state index is 5.91. The van der Waals surface area contributed by atoms with E-state index in [2.05, 4.69) is 39.7 Å². The fourth-order valence-electron chi connectivity index (χ4n) is 3.31. The standard InChI is InChI=1S/C22H30N4O3/c1-5-27-19-11-17-10-15(3)29-20(17)12-18(19)14-26-22(23-4)25-13-16-8-7-9-24-21(16)28-6-2/h7-9,11-12,15H,5-6,10,13-14H2,1-4H3,(H2,23,25,26). The van der Waals surface area contributed by atoms with Gasteiger partial charge in [0.25, 0.3) is 0 Å². The highest BCUT2D eigenvalue weighted by Crippen LogP contribution is 2.35. The minimum atomic E-state index is 0.205. The lowest BCUT2D eigenvalue weighted by atomic mass is 10.1. The quantitative estimate of drug-likeness (QED) is 0.526. The van der Waals surface area contributed by atoms with Crippen molar-refractivity contribution in [3.63, 3.8) is 0 Å². The molecule has 0 fully saturated rings. The van der Waals surface area contributed by atoms with Crippen molar-refractivity contribution in [3.8, 4) is 17.4 Å². The van der Waals surface area contributed by atoms with Gasteiger partial charge in [0.2, 0.25) is 5.88 Å². The van der Waals surface area contributed by atoms with Gasteiger partial charge >= 0.3 is 0 Å². The summed E-state index contributed by atoms with van der Waals surface area (Å²) in [6, 6.07) is 8.05. The van der Waals surface area contributed by atoms with E-state index >= 15 is 0 Å². The molecule has 156 valence electrons. The summed E-state index contributed by atoms with van der Waals surface area (Å²) in [5.41, 5.74) is 3.22. The van der Waals surface area contributed by atoms with Crippen LogP contribution >= 0.6 is 0 Å². The van der Waals surface area contributed by atoms with Gasteiger partial charge in [-0.2, -0.15) is 0 Å². The van der Waals surface area contributed by atoms with Crippen LogP contribution in [0.1, 0.15) is 37.5 Å². The Balaban J connectivity index is 1.65. The molecule has 2 aromatic rings. The SMILES string of the molecule is CCOc1cc2c(cc1CNC(=NC)NCc1cccnc1OCC)OC(C)C2. The van der Waals surface area contributed by atoms with Gasteiger partial charge in [0, 0.05) is 49.4 Å². The van der Waals surface area contributed by atoms with Gasteiger partial charge in [-0.15, -0.1) is 0 Å². The molecule has 1 aromatic heterocycles. The fourth-order valence-corrected chi connectivity index (χ4v) is 3.31. The van der Waals surface area contributed by atoms with Gasteiger partial charge in [0.05, 0.1) is 13.2 Å². The van der Waals surface area contributed by atoms with Gasteiger partial charge in [-0.1, -0.05) is 6.07 Å². The molecule has 0 aliphatic carbocycles. The smallest absolute Gasteiger partial charge is 0.218 e. The molecule has 0 radical (unpaired) electrons. The van der Waals surface area contributed by atoms with Crippen LogP contribution in [0.4, 0.5) is 0 Å². The first-order valence-corrected chi connectivity index (χ1v) is 10.1. The Hall–Kier alpha value is -2.96. The van der Waals surface area contributed by atoms with Crippen LogP contribution in [0.5, 0.6) is 17.4 Å². The zero-order valence-corrected chi connectivity index (χ0v) is 17.6. The van der Waals surface area contributed by atoms with Crippen molar-refractivity contribution in [2.75, 3.05) is 20.3 Å². The molecule has 2 N–H and O–H groups in total. The molecule has 0 saturated carbocycles. The summed E-state index contributed by atoms with van der Waals surface area (Å²) in [6.07, 6.45) is 2.85. The van der Waals surface area contributed by atoms with Gasteiger partial charge in [0.1, 0.15) is 17.6 Å². The molecule has 1 atom stereocenters. The first kappa shape index (κ1) is 20.8. The van der Waals surface area contributed by atoms with Crippen molar-refractivity contribution in [2.45, 2.75) is 46.4 Å². The van der Waals surface area contributed by atoms with E-state index in [1.54, 1.807) is 13.2 Å². The number of aliphatic imine (C=N–C) groups is 1. The van der Waals surface area contributed by atoms with E-state index in [-0.39, 0.29) is 6.10 Å². The van der Waals surface area contributed by atoms with Crippen molar-refractivity contribution in [3.05, 3.63) is 47.2 Å². The number of hydrogen-bond acceptors (Lipinski definition) is 5. The molecule has 7 heteroatoms. The second-order valence-electron chi connectivity index (χ2n) is 6.81. The fraction of sp³-hybridized carbons (Fsp3) is 0.455. The molecule has 1 aromatic carbocycles. The largest absolute Gasteiger partial charge is 0.494 e. The second-order valence-corrected chi connectivity index (χ2v) is 6.81. The summed E-state index contributed by atoms with van der Waals surface area (Å²) in [7, 11) is 1.75. The number of aromatic nitrogens is 1. The van der Waals surface area contributed by atoms with Crippen LogP contribution in [0.2, 0.25) is 0 Å². The molecular formula is C22H30N4O3. The third-order valence-corrected chi connectivity index (χ3v) is 4.63. The monoisotopic (exact) mass is 398 g/mol. The van der Waals surface area contributed by atoms with Crippen molar-refractivity contribution in [1.82, 2.24) is 15.6 Å². The Morgan fingerprint density at radius 3 is 2.66 bits per heavy atom. The van der Waals surface area contributed by atoms with Crippen LogP contribution in [0.25, 0.3) is 0 Å². The van der Waals surface area contributed by atoms with Crippen LogP contribution in [-0.4, -0.2) is 37.3 Å². The maximum atomic E-state index is 5.91. The molecule has 1 unspecified atom stereocenters. The molecule has 1 aliphatic rings. The Labute approximate surface area is 172 Å². The molecule has 0 saturated heterocycles. The van der Waals surface area contributed by atoms with Crippen LogP contribution in [0, 0.1) is 0 Å². The molecule has 0 spiro atoms. The highest BCUT2D eigenvalue weighted by Gasteiger charge is 2.22. The van der Waals surface area contributed by atoms with Crippen molar-refractivity contribution in [1.29, 1.82) is 0 Å². The number of nitrogens with zero attached hydrogens (tertiary/aromatic N) is 2. The van der Waals surface area contributed by atoms with Crippen molar-refractivity contribution in [2.24, 2.45) is 4.99 Å². The first-order valence-electron chi connectivity index (χ1n) is 10.1. The summed E-state index contributed by atoms with van der Waals surface area (Å²) in [5.74, 6) is 3.16. The van der Waals surface area contributed by atoms with E-state index < -0.39 is 0 Å². The van der Waals surface area contributed by atoms with Crippen molar-refractivity contribution >= 4 is 5.96 Å². The molecule has 0 amide bonds. The lowest BCUT2D eigenvalue weighted by Crippen LogP contribution is -2.36. The van der Waals surface area contributed by atoms with E-state index in [1.807, 2.05) is 26.0 Å². The molecule has 3 rings (SSSR count). The van der Waals surface area contributed by atoms with E-state index in [1.165, 1.54) is 5.56 Å². The normalized spacial score (nSPS) is 15.4. The Morgan fingerprint density at radius 2 is 1.93 bits per heavy atom. The molecule has 7 nitrogen and oxygen atoms in total. The van der Waals surface area contributed by atoms with E-state index in [9.17, 15) is 0 Å². The van der Waals surface area contributed by atoms with Gasteiger partial charge in [-0.3, -0.25) is 4.99 Å². The second kappa shape index (κ2) is 10.0. The van der Waals surface area contributed by atoms with Gasteiger partial charge in [-0.05, 0) is 39.0 Å². The Morgan fingerprint density at radius 1 is 1.17 bits per heavy atom. The highest BCUT2D eigenvalue weighted by molar-refractivity contribution is 5.79. The summed E-state index contributed by atoms with van der Waals surface area (Å²) in [5, 5.41) is 6.66. The number of nitrogens with one attached hydrogen (secondary N) is 2. The maximum Gasteiger partial charge on any atom is 0.218 e. The number of rotatable bonds is 8. The highest BCUT2D eigenvalue weighted by atomic mass is 16.5. The molecule has 29 heavy (non-hydrogen) atoms. The zero-order valence-electron chi connectivity index (χ0n) is 17.6. The summed E-state index contributed by atoms with van der Waals surface area (Å²) < 4.78 is 17.3. The molecule has 1 aliphatic heterocycles. The predicted molar refractivity (Wildman–Crippen MR) is 114 cm³/mol. The number of pyridine rings is 1. The number of fused-ring (bicyclic) bond motifs is 1. The predicted octanol–water partition coefficient (Wildman–Crippen LogP) is 3.07. The lowest BCUT2D eigenvalue weighted by Gasteiger charge is -2.16. The number of ether oxygens (including phenoxy) is 3. The zero-order chi connectivity index (χ0) is 20.6. The minimum absolute atomic E-state index is 0.205.